The molecule has 3 fully saturated rings. The summed E-state index contributed by atoms with van der Waals surface area (Å²) in [7, 11) is 0. The Labute approximate surface area is 191 Å². The number of amides is 2. The maximum absolute atomic E-state index is 14.0. The smallest absolute Gasteiger partial charge is 0.269 e. The van der Waals surface area contributed by atoms with E-state index in [2.05, 4.69) is 13.8 Å². The number of primary amides is 1. The van der Waals surface area contributed by atoms with Crippen molar-refractivity contribution in [1.82, 2.24) is 4.90 Å². The molecule has 1 heterocycles. The molecule has 2 amide bonds. The summed E-state index contributed by atoms with van der Waals surface area (Å²) < 4.78 is 0. The van der Waals surface area contributed by atoms with Crippen LogP contribution < -0.4 is 5.73 Å². The lowest BCUT2D eigenvalue weighted by Crippen LogP contribution is -2.53. The SMILES string of the molecule is CC1CCCC(C)(/C(=N/Cc2ccccc2)C(=O)N2C(C(N)=O)CC3CC32)C[C@@](C)(O)C1. The quantitative estimate of drug-likeness (QED) is 0.688. The zero-order valence-electron chi connectivity index (χ0n) is 19.6. The molecular formula is C26H37N3O3. The van der Waals surface area contributed by atoms with Crippen LogP contribution in [0.3, 0.4) is 0 Å². The summed E-state index contributed by atoms with van der Waals surface area (Å²) in [6, 6.07) is 9.45. The molecule has 4 rings (SSSR count). The molecule has 0 aromatic heterocycles. The zero-order chi connectivity index (χ0) is 23.1. The fourth-order valence-corrected chi connectivity index (χ4v) is 6.29. The molecule has 0 spiro atoms. The molecule has 32 heavy (non-hydrogen) atoms. The predicted octanol–water partition coefficient (Wildman–Crippen LogP) is 3.46. The number of rotatable bonds is 5. The minimum atomic E-state index is -0.876. The molecule has 0 radical (unpaired) electrons. The van der Waals surface area contributed by atoms with Crippen LogP contribution in [-0.4, -0.2) is 45.2 Å². The monoisotopic (exact) mass is 439 g/mol. The van der Waals surface area contributed by atoms with Crippen molar-refractivity contribution in [3.63, 3.8) is 0 Å². The van der Waals surface area contributed by atoms with Crippen LogP contribution in [0.4, 0.5) is 0 Å². The number of nitrogens with zero attached hydrogens (tertiary/aromatic N) is 2. The largest absolute Gasteiger partial charge is 0.390 e. The summed E-state index contributed by atoms with van der Waals surface area (Å²) in [5.41, 5.74) is 5.76. The van der Waals surface area contributed by atoms with Crippen molar-refractivity contribution in [1.29, 1.82) is 0 Å². The minimum Gasteiger partial charge on any atom is -0.390 e. The normalized spacial score (nSPS) is 37.4. The molecule has 5 unspecified atom stereocenters. The van der Waals surface area contributed by atoms with Crippen LogP contribution in [0.5, 0.6) is 0 Å². The standard InChI is InChI=1S/C26H37N3O3/c1-17-8-7-11-25(2,16-26(3,32)14-17)22(28-15-18-9-5-4-6-10-18)24(31)29-20-12-19(20)13-21(29)23(27)30/h4-6,9-10,17,19-21,32H,7-8,11-16H2,1-3H3,(H2,27,30)/b28-22+/t17?,19?,20?,21?,25?,26-/m0/s1. The van der Waals surface area contributed by atoms with E-state index < -0.39 is 23.0 Å². The molecule has 1 aliphatic heterocycles. The van der Waals surface area contributed by atoms with Crippen molar-refractivity contribution in [3.8, 4) is 0 Å². The highest BCUT2D eigenvalue weighted by Gasteiger charge is 2.57. The molecule has 6 nitrogen and oxygen atoms in total. The Kier molecular flexibility index (Phi) is 6.19. The van der Waals surface area contributed by atoms with Crippen molar-refractivity contribution in [3.05, 3.63) is 35.9 Å². The Morgan fingerprint density at radius 2 is 1.94 bits per heavy atom. The maximum atomic E-state index is 14.0. The van der Waals surface area contributed by atoms with Crippen molar-refractivity contribution in [2.75, 3.05) is 0 Å². The molecule has 2 aliphatic carbocycles. The summed E-state index contributed by atoms with van der Waals surface area (Å²) >= 11 is 0. The molecule has 174 valence electrons. The van der Waals surface area contributed by atoms with E-state index in [0.717, 1.165) is 31.2 Å². The first-order valence-electron chi connectivity index (χ1n) is 12.0. The van der Waals surface area contributed by atoms with Crippen LogP contribution in [-0.2, 0) is 16.1 Å². The van der Waals surface area contributed by atoms with Gasteiger partial charge in [0.1, 0.15) is 11.8 Å². The number of aliphatic hydroxyl groups is 1. The fourth-order valence-electron chi connectivity index (χ4n) is 6.29. The maximum Gasteiger partial charge on any atom is 0.269 e. The summed E-state index contributed by atoms with van der Waals surface area (Å²) in [6.45, 7) is 6.53. The summed E-state index contributed by atoms with van der Waals surface area (Å²) in [6.07, 6.45) is 5.57. The number of nitrogens with two attached hydrogens (primary N) is 1. The predicted molar refractivity (Wildman–Crippen MR) is 125 cm³/mol. The number of fused-ring (bicyclic) bond motifs is 1. The zero-order valence-corrected chi connectivity index (χ0v) is 19.6. The molecule has 0 bridgehead atoms. The van der Waals surface area contributed by atoms with E-state index in [1.165, 1.54) is 0 Å². The average molecular weight is 440 g/mol. The minimum absolute atomic E-state index is 0.0969. The molecule has 6 heteroatoms. The van der Waals surface area contributed by atoms with Crippen molar-refractivity contribution in [2.24, 2.45) is 28.0 Å². The molecule has 1 saturated heterocycles. The van der Waals surface area contributed by atoms with Crippen molar-refractivity contribution >= 4 is 17.5 Å². The second-order valence-corrected chi connectivity index (χ2v) is 11.0. The van der Waals surface area contributed by atoms with Gasteiger partial charge in [-0.15, -0.1) is 0 Å². The third-order valence-corrected chi connectivity index (χ3v) is 7.69. The van der Waals surface area contributed by atoms with Gasteiger partial charge in [-0.3, -0.25) is 14.6 Å². The molecule has 3 N–H and O–H groups in total. The lowest BCUT2D eigenvalue weighted by atomic mass is 9.67. The van der Waals surface area contributed by atoms with Gasteiger partial charge in [0.2, 0.25) is 5.91 Å². The highest BCUT2D eigenvalue weighted by molar-refractivity contribution is 6.41. The van der Waals surface area contributed by atoms with Gasteiger partial charge in [0.15, 0.2) is 0 Å². The van der Waals surface area contributed by atoms with E-state index in [1.807, 2.05) is 37.3 Å². The molecule has 1 aromatic carbocycles. The number of piperidine rings is 1. The first-order chi connectivity index (χ1) is 15.1. The summed E-state index contributed by atoms with van der Waals surface area (Å²) in [5, 5.41) is 11.2. The number of benzene rings is 1. The van der Waals surface area contributed by atoms with Crippen LogP contribution in [0.15, 0.2) is 35.3 Å². The van der Waals surface area contributed by atoms with Gasteiger partial charge in [-0.2, -0.15) is 0 Å². The summed E-state index contributed by atoms with van der Waals surface area (Å²) in [4.78, 5) is 32.8. The number of likely N-dealkylation sites (tertiary alicyclic amines) is 1. The second-order valence-electron chi connectivity index (χ2n) is 11.0. The molecule has 6 atom stereocenters. The van der Waals surface area contributed by atoms with Gasteiger partial charge in [-0.25, -0.2) is 0 Å². The third kappa shape index (κ3) is 4.75. The average Bonchev–Trinajstić information content (AvgIpc) is 3.36. The van der Waals surface area contributed by atoms with Crippen molar-refractivity contribution < 1.29 is 14.7 Å². The molecule has 3 aliphatic rings. The van der Waals surface area contributed by atoms with E-state index >= 15 is 0 Å². The Hall–Kier alpha value is -2.21. The van der Waals surface area contributed by atoms with Crippen LogP contribution in [0.25, 0.3) is 0 Å². The number of aliphatic imine (C=N–C) groups is 1. The van der Waals surface area contributed by atoms with E-state index in [1.54, 1.807) is 4.90 Å². The van der Waals surface area contributed by atoms with Gasteiger partial charge < -0.3 is 15.7 Å². The fraction of sp³-hybridized carbons (Fsp3) is 0.654. The molecule has 2 saturated carbocycles. The van der Waals surface area contributed by atoms with Gasteiger partial charge in [-0.05, 0) is 56.4 Å². The molecular weight excluding hydrogens is 402 g/mol. The van der Waals surface area contributed by atoms with Crippen molar-refractivity contribution in [2.45, 2.75) is 89.9 Å². The van der Waals surface area contributed by atoms with Gasteiger partial charge in [-0.1, -0.05) is 57.0 Å². The van der Waals surface area contributed by atoms with Crippen LogP contribution in [0.1, 0.15) is 71.3 Å². The van der Waals surface area contributed by atoms with E-state index in [0.29, 0.717) is 43.4 Å². The van der Waals surface area contributed by atoms with Gasteiger partial charge >= 0.3 is 0 Å². The first-order valence-corrected chi connectivity index (χ1v) is 12.0. The number of carbonyl (C=O) groups excluding carboxylic acids is 2. The summed E-state index contributed by atoms with van der Waals surface area (Å²) in [5.74, 6) is 0.221. The Bertz CT molecular complexity index is 897. The highest BCUT2D eigenvalue weighted by Crippen LogP contribution is 2.49. The van der Waals surface area contributed by atoms with Gasteiger partial charge in [0.25, 0.3) is 5.91 Å². The molecule has 1 aromatic rings. The van der Waals surface area contributed by atoms with E-state index in [9.17, 15) is 14.7 Å². The Morgan fingerprint density at radius 3 is 2.62 bits per heavy atom. The lowest BCUT2D eigenvalue weighted by Gasteiger charge is -2.42. The van der Waals surface area contributed by atoms with Crippen LogP contribution in [0.2, 0.25) is 0 Å². The number of hydrogen-bond donors (Lipinski definition) is 2. The number of carbonyl (C=O) groups is 2. The Balaban J connectivity index is 1.70. The lowest BCUT2D eigenvalue weighted by molar-refractivity contribution is -0.134. The van der Waals surface area contributed by atoms with E-state index in [-0.39, 0.29) is 11.9 Å². The first kappa shape index (κ1) is 23.0. The highest BCUT2D eigenvalue weighted by atomic mass is 16.3. The van der Waals surface area contributed by atoms with Gasteiger partial charge in [0, 0.05) is 11.5 Å². The van der Waals surface area contributed by atoms with Gasteiger partial charge in [0.05, 0.1) is 12.1 Å². The topological polar surface area (TPSA) is 96.0 Å². The van der Waals surface area contributed by atoms with E-state index in [4.69, 9.17) is 10.7 Å². The third-order valence-electron chi connectivity index (χ3n) is 7.69. The Morgan fingerprint density at radius 1 is 1.22 bits per heavy atom. The van der Waals surface area contributed by atoms with Crippen LogP contribution >= 0.6 is 0 Å². The number of hydrogen-bond acceptors (Lipinski definition) is 4. The van der Waals surface area contributed by atoms with Crippen LogP contribution in [0, 0.1) is 17.3 Å². The second kappa shape index (κ2) is 8.62.